The molecule has 1 aliphatic carbocycles. The second-order valence-electron chi connectivity index (χ2n) is 5.87. The maximum Gasteiger partial charge on any atom is 0.131 e. The van der Waals surface area contributed by atoms with Gasteiger partial charge in [-0.25, -0.2) is 8.78 Å². The number of hydrogen-bond donors (Lipinski definition) is 2. The summed E-state index contributed by atoms with van der Waals surface area (Å²) >= 11 is 0. The monoisotopic (exact) mass is 283 g/mol. The van der Waals surface area contributed by atoms with Crippen LogP contribution in [0.1, 0.15) is 50.7 Å². The van der Waals surface area contributed by atoms with E-state index in [0.29, 0.717) is 6.04 Å². The van der Waals surface area contributed by atoms with E-state index in [-0.39, 0.29) is 12.1 Å². The molecule has 0 aliphatic heterocycles. The fourth-order valence-corrected chi connectivity index (χ4v) is 2.90. The van der Waals surface area contributed by atoms with Crippen LogP contribution in [0, 0.1) is 17.6 Å². The Labute approximate surface area is 119 Å². The van der Waals surface area contributed by atoms with Crippen LogP contribution < -0.4 is 5.32 Å². The van der Waals surface area contributed by atoms with Crippen LogP contribution in [0.4, 0.5) is 8.78 Å². The Balaban J connectivity index is 1.90. The molecule has 0 aromatic heterocycles. The zero-order chi connectivity index (χ0) is 14.5. The summed E-state index contributed by atoms with van der Waals surface area (Å²) in [6.45, 7) is 2.45. The third-order valence-corrected chi connectivity index (χ3v) is 4.19. The molecule has 0 saturated heterocycles. The molecule has 0 bridgehead atoms. The van der Waals surface area contributed by atoms with Crippen LogP contribution in [0.25, 0.3) is 0 Å². The average molecular weight is 283 g/mol. The van der Waals surface area contributed by atoms with Gasteiger partial charge in [-0.05, 0) is 37.3 Å². The molecule has 20 heavy (non-hydrogen) atoms. The van der Waals surface area contributed by atoms with Gasteiger partial charge in [-0.3, -0.25) is 0 Å². The summed E-state index contributed by atoms with van der Waals surface area (Å²) in [7, 11) is 0. The van der Waals surface area contributed by atoms with E-state index in [1.54, 1.807) is 0 Å². The quantitative estimate of drug-likeness (QED) is 0.828. The Kier molecular flexibility index (Phi) is 5.49. The molecule has 2 nitrogen and oxygen atoms in total. The molecule has 1 saturated carbocycles. The number of aliphatic hydroxyl groups is 1. The second-order valence-corrected chi connectivity index (χ2v) is 5.87. The summed E-state index contributed by atoms with van der Waals surface area (Å²) in [5.41, 5.74) is -0.234. The highest BCUT2D eigenvalue weighted by Crippen LogP contribution is 2.24. The van der Waals surface area contributed by atoms with Crippen LogP contribution in [0.15, 0.2) is 18.2 Å². The summed E-state index contributed by atoms with van der Waals surface area (Å²) in [4.78, 5) is 0. The Morgan fingerprint density at radius 1 is 1.20 bits per heavy atom. The van der Waals surface area contributed by atoms with Crippen LogP contribution in [0.3, 0.4) is 0 Å². The fraction of sp³-hybridized carbons (Fsp3) is 0.625. The number of benzene rings is 1. The van der Waals surface area contributed by atoms with Gasteiger partial charge in [-0.15, -0.1) is 0 Å². The summed E-state index contributed by atoms with van der Waals surface area (Å²) < 4.78 is 27.1. The maximum absolute atomic E-state index is 13.6. The Hall–Kier alpha value is -1.00. The standard InChI is InChI=1S/C16H23F2NO/c1-11-4-2-5-12(9-8-11)19-10-15(20)16-13(17)6-3-7-14(16)18/h3,6-7,11-12,15,19-20H,2,4-5,8-10H2,1H3. The Bertz CT molecular complexity index is 418. The first-order chi connectivity index (χ1) is 9.58. The van der Waals surface area contributed by atoms with Crippen molar-refractivity contribution in [3.05, 3.63) is 35.4 Å². The van der Waals surface area contributed by atoms with Crippen LogP contribution in [0.5, 0.6) is 0 Å². The first-order valence-electron chi connectivity index (χ1n) is 7.43. The van der Waals surface area contributed by atoms with E-state index in [0.717, 1.165) is 18.8 Å². The third kappa shape index (κ3) is 4.00. The topological polar surface area (TPSA) is 32.3 Å². The lowest BCUT2D eigenvalue weighted by Crippen LogP contribution is -2.32. The van der Waals surface area contributed by atoms with Gasteiger partial charge in [0.2, 0.25) is 0 Å². The Morgan fingerprint density at radius 2 is 1.90 bits per heavy atom. The smallest absolute Gasteiger partial charge is 0.131 e. The van der Waals surface area contributed by atoms with E-state index in [9.17, 15) is 13.9 Å². The molecule has 1 aliphatic rings. The number of hydrogen-bond acceptors (Lipinski definition) is 2. The number of rotatable bonds is 4. The molecule has 3 atom stereocenters. The van der Waals surface area contributed by atoms with Crippen molar-refractivity contribution in [1.82, 2.24) is 5.32 Å². The third-order valence-electron chi connectivity index (χ3n) is 4.19. The molecule has 2 rings (SSSR count). The molecule has 1 aromatic rings. The molecular weight excluding hydrogens is 260 g/mol. The lowest BCUT2D eigenvalue weighted by molar-refractivity contribution is 0.159. The number of nitrogens with one attached hydrogen (secondary N) is 1. The second kappa shape index (κ2) is 7.14. The van der Waals surface area contributed by atoms with Crippen LogP contribution in [-0.4, -0.2) is 17.7 Å². The minimum atomic E-state index is -1.14. The molecule has 112 valence electrons. The van der Waals surface area contributed by atoms with Gasteiger partial charge in [0.05, 0.1) is 11.7 Å². The molecule has 3 unspecified atom stereocenters. The predicted octanol–water partition coefficient (Wildman–Crippen LogP) is 3.56. The molecule has 1 fully saturated rings. The maximum atomic E-state index is 13.6. The summed E-state index contributed by atoms with van der Waals surface area (Å²) in [5.74, 6) is -0.627. The lowest BCUT2D eigenvalue weighted by Gasteiger charge is -2.20. The van der Waals surface area contributed by atoms with E-state index in [2.05, 4.69) is 12.2 Å². The molecule has 0 radical (unpaired) electrons. The molecule has 1 aromatic carbocycles. The van der Waals surface area contributed by atoms with Gasteiger partial charge in [-0.2, -0.15) is 0 Å². The van der Waals surface area contributed by atoms with E-state index in [1.165, 1.54) is 37.5 Å². The van der Waals surface area contributed by atoms with E-state index < -0.39 is 17.7 Å². The molecule has 0 amide bonds. The molecule has 4 heteroatoms. The Morgan fingerprint density at radius 3 is 2.60 bits per heavy atom. The van der Waals surface area contributed by atoms with Gasteiger partial charge in [0.1, 0.15) is 11.6 Å². The van der Waals surface area contributed by atoms with Crippen LogP contribution in [-0.2, 0) is 0 Å². The molecule has 0 heterocycles. The SMILES string of the molecule is CC1CCCC(NCC(O)c2c(F)cccc2F)CC1. The highest BCUT2D eigenvalue weighted by Gasteiger charge is 2.20. The van der Waals surface area contributed by atoms with Crippen molar-refractivity contribution in [1.29, 1.82) is 0 Å². The summed E-state index contributed by atoms with van der Waals surface area (Å²) in [6.07, 6.45) is 4.56. The van der Waals surface area contributed by atoms with Gasteiger partial charge in [0, 0.05) is 12.6 Å². The highest BCUT2D eigenvalue weighted by atomic mass is 19.1. The minimum Gasteiger partial charge on any atom is -0.387 e. The van der Waals surface area contributed by atoms with Gasteiger partial charge in [0.25, 0.3) is 0 Å². The predicted molar refractivity (Wildman–Crippen MR) is 75.4 cm³/mol. The molecule has 2 N–H and O–H groups in total. The summed E-state index contributed by atoms with van der Waals surface area (Å²) in [5, 5.41) is 13.2. The highest BCUT2D eigenvalue weighted by molar-refractivity contribution is 5.22. The van der Waals surface area contributed by atoms with E-state index in [1.807, 2.05) is 0 Å². The molecule has 0 spiro atoms. The van der Waals surface area contributed by atoms with Crippen molar-refractivity contribution in [3.63, 3.8) is 0 Å². The van der Waals surface area contributed by atoms with Crippen molar-refractivity contribution >= 4 is 0 Å². The van der Waals surface area contributed by atoms with Gasteiger partial charge >= 0.3 is 0 Å². The van der Waals surface area contributed by atoms with Crippen LogP contribution in [0.2, 0.25) is 0 Å². The fourth-order valence-electron chi connectivity index (χ4n) is 2.90. The molecular formula is C16H23F2NO. The first kappa shape index (κ1) is 15.4. The van der Waals surface area contributed by atoms with Crippen molar-refractivity contribution in [2.75, 3.05) is 6.54 Å². The van der Waals surface area contributed by atoms with Gasteiger partial charge in [-0.1, -0.05) is 25.8 Å². The normalized spacial score (nSPS) is 25.2. The largest absolute Gasteiger partial charge is 0.387 e. The van der Waals surface area contributed by atoms with Gasteiger partial charge in [0.15, 0.2) is 0 Å². The number of aliphatic hydroxyl groups excluding tert-OH is 1. The first-order valence-corrected chi connectivity index (χ1v) is 7.43. The van der Waals surface area contributed by atoms with Crippen molar-refractivity contribution < 1.29 is 13.9 Å². The van der Waals surface area contributed by atoms with Crippen LogP contribution >= 0.6 is 0 Å². The van der Waals surface area contributed by atoms with Crippen molar-refractivity contribution in [3.8, 4) is 0 Å². The van der Waals surface area contributed by atoms with Crippen molar-refractivity contribution in [2.24, 2.45) is 5.92 Å². The van der Waals surface area contributed by atoms with Gasteiger partial charge < -0.3 is 10.4 Å². The van der Waals surface area contributed by atoms with E-state index in [4.69, 9.17) is 0 Å². The zero-order valence-electron chi connectivity index (χ0n) is 11.9. The lowest BCUT2D eigenvalue weighted by atomic mass is 10.0. The van der Waals surface area contributed by atoms with Crippen molar-refractivity contribution in [2.45, 2.75) is 51.2 Å². The zero-order valence-corrected chi connectivity index (χ0v) is 11.9. The summed E-state index contributed by atoms with van der Waals surface area (Å²) in [6, 6.07) is 4.00. The number of halogens is 2. The minimum absolute atomic E-state index is 0.191. The van der Waals surface area contributed by atoms with E-state index >= 15 is 0 Å². The average Bonchev–Trinajstić information content (AvgIpc) is 2.61.